The van der Waals surface area contributed by atoms with Crippen LogP contribution in [0.3, 0.4) is 0 Å². The molecule has 108 valence electrons. The van der Waals surface area contributed by atoms with Crippen molar-refractivity contribution in [2.75, 3.05) is 0 Å². The number of carbonyl (C=O) groups excluding carboxylic acids is 1. The van der Waals surface area contributed by atoms with Crippen LogP contribution >= 0.6 is 11.6 Å². The van der Waals surface area contributed by atoms with Crippen LogP contribution in [0.1, 0.15) is 31.7 Å². The Kier molecular flexibility index (Phi) is 4.33. The summed E-state index contributed by atoms with van der Waals surface area (Å²) in [5.74, 6) is -0.969. The minimum Gasteiger partial charge on any atom is -0.480 e. The molecular formula is C15H18ClNO3. The number of hydrogen-bond donors (Lipinski definition) is 2. The van der Waals surface area contributed by atoms with Crippen LogP contribution in [0.15, 0.2) is 24.3 Å². The van der Waals surface area contributed by atoms with Crippen molar-refractivity contribution in [1.82, 2.24) is 5.32 Å². The maximum atomic E-state index is 11.9. The average molecular weight is 296 g/mol. The molecule has 1 aromatic rings. The molecule has 0 bridgehead atoms. The van der Waals surface area contributed by atoms with Gasteiger partial charge in [0.1, 0.15) is 5.54 Å². The first-order chi connectivity index (χ1) is 9.41. The van der Waals surface area contributed by atoms with Crippen molar-refractivity contribution in [3.05, 3.63) is 34.9 Å². The van der Waals surface area contributed by atoms with E-state index in [0.29, 0.717) is 24.3 Å². The summed E-state index contributed by atoms with van der Waals surface area (Å²) in [7, 11) is 0. The molecule has 20 heavy (non-hydrogen) atoms. The molecule has 0 radical (unpaired) electrons. The predicted molar refractivity (Wildman–Crippen MR) is 76.7 cm³/mol. The summed E-state index contributed by atoms with van der Waals surface area (Å²) in [4.78, 5) is 22.9. The number of carbonyl (C=O) groups is 2. The molecule has 1 aliphatic rings. The Hall–Kier alpha value is -1.55. The molecule has 1 unspecified atom stereocenters. The number of halogens is 1. The van der Waals surface area contributed by atoms with Gasteiger partial charge in [0, 0.05) is 11.4 Å². The predicted octanol–water partition coefficient (Wildman–Crippen LogP) is 2.64. The fraction of sp³-hybridized carbons (Fsp3) is 0.467. The third-order valence-electron chi connectivity index (χ3n) is 3.57. The molecule has 1 aromatic carbocycles. The van der Waals surface area contributed by atoms with Crippen LogP contribution in [-0.2, 0) is 16.0 Å². The number of aliphatic carboxylic acids is 1. The maximum absolute atomic E-state index is 11.9. The van der Waals surface area contributed by atoms with Crippen molar-refractivity contribution in [3.8, 4) is 0 Å². The van der Waals surface area contributed by atoms with Crippen molar-refractivity contribution >= 4 is 23.5 Å². The van der Waals surface area contributed by atoms with E-state index in [9.17, 15) is 9.59 Å². The number of benzene rings is 1. The highest BCUT2D eigenvalue weighted by molar-refractivity contribution is 6.30. The van der Waals surface area contributed by atoms with Gasteiger partial charge >= 0.3 is 5.97 Å². The van der Waals surface area contributed by atoms with E-state index in [4.69, 9.17) is 16.7 Å². The molecule has 1 atom stereocenters. The lowest BCUT2D eigenvalue weighted by atomic mass is 9.97. The van der Waals surface area contributed by atoms with Gasteiger partial charge in [0.25, 0.3) is 0 Å². The molecule has 0 aliphatic heterocycles. The van der Waals surface area contributed by atoms with Gasteiger partial charge in [0.05, 0.1) is 0 Å². The van der Waals surface area contributed by atoms with E-state index in [1.165, 1.54) is 0 Å². The van der Waals surface area contributed by atoms with E-state index in [-0.39, 0.29) is 11.8 Å². The summed E-state index contributed by atoms with van der Waals surface area (Å²) < 4.78 is 0. The monoisotopic (exact) mass is 295 g/mol. The topological polar surface area (TPSA) is 66.4 Å². The minimum atomic E-state index is -0.989. The van der Waals surface area contributed by atoms with Crippen LogP contribution in [0.25, 0.3) is 0 Å². The maximum Gasteiger partial charge on any atom is 0.329 e. The van der Waals surface area contributed by atoms with Gasteiger partial charge in [-0.25, -0.2) is 4.79 Å². The molecular weight excluding hydrogens is 278 g/mol. The van der Waals surface area contributed by atoms with Crippen molar-refractivity contribution < 1.29 is 14.7 Å². The molecule has 1 aliphatic carbocycles. The highest BCUT2D eigenvalue weighted by Crippen LogP contribution is 2.35. The molecule has 2 rings (SSSR count). The molecule has 0 saturated heterocycles. The lowest BCUT2D eigenvalue weighted by Gasteiger charge is -2.15. The van der Waals surface area contributed by atoms with Crippen LogP contribution in [0.5, 0.6) is 0 Å². The number of nitrogens with one attached hydrogen (secondary N) is 1. The second-order valence-corrected chi connectivity index (χ2v) is 6.01. The number of rotatable bonds is 6. The lowest BCUT2D eigenvalue weighted by molar-refractivity contribution is -0.143. The van der Waals surface area contributed by atoms with Gasteiger partial charge in [-0.05, 0) is 42.9 Å². The standard InChI is InChI=1S/C15H18ClNO3/c1-10(8-11-2-4-12(16)5-3-11)9-13(18)17-15(6-7-15)14(19)20/h2-5,10H,6-9H2,1H3,(H,17,18)(H,19,20). The third-order valence-corrected chi connectivity index (χ3v) is 3.82. The molecule has 4 nitrogen and oxygen atoms in total. The van der Waals surface area contributed by atoms with Gasteiger partial charge < -0.3 is 10.4 Å². The average Bonchev–Trinajstić information content (AvgIpc) is 3.12. The molecule has 1 saturated carbocycles. The zero-order chi connectivity index (χ0) is 14.8. The van der Waals surface area contributed by atoms with Crippen molar-refractivity contribution in [2.45, 2.75) is 38.1 Å². The molecule has 1 fully saturated rings. The molecule has 0 spiro atoms. The molecule has 2 N–H and O–H groups in total. The third kappa shape index (κ3) is 3.73. The fourth-order valence-corrected chi connectivity index (χ4v) is 2.37. The smallest absolute Gasteiger partial charge is 0.329 e. The minimum absolute atomic E-state index is 0.153. The Bertz CT molecular complexity index is 508. The van der Waals surface area contributed by atoms with Gasteiger partial charge in [0.15, 0.2) is 0 Å². The highest BCUT2D eigenvalue weighted by Gasteiger charge is 2.51. The van der Waals surface area contributed by atoms with Gasteiger partial charge in [-0.3, -0.25) is 4.79 Å². The summed E-state index contributed by atoms with van der Waals surface area (Å²) in [5.41, 5.74) is 0.130. The van der Waals surface area contributed by atoms with Crippen LogP contribution in [-0.4, -0.2) is 22.5 Å². The number of hydrogen-bond acceptors (Lipinski definition) is 2. The quantitative estimate of drug-likeness (QED) is 0.848. The Balaban J connectivity index is 1.82. The van der Waals surface area contributed by atoms with Crippen molar-refractivity contribution in [3.63, 3.8) is 0 Å². The summed E-state index contributed by atoms with van der Waals surface area (Å²) in [5, 5.41) is 12.3. The molecule has 0 aromatic heterocycles. The van der Waals surface area contributed by atoms with E-state index in [1.54, 1.807) is 0 Å². The van der Waals surface area contributed by atoms with E-state index < -0.39 is 11.5 Å². The van der Waals surface area contributed by atoms with E-state index >= 15 is 0 Å². The molecule has 5 heteroatoms. The van der Waals surface area contributed by atoms with Crippen molar-refractivity contribution in [2.24, 2.45) is 5.92 Å². The highest BCUT2D eigenvalue weighted by atomic mass is 35.5. The Morgan fingerprint density at radius 3 is 2.45 bits per heavy atom. The largest absolute Gasteiger partial charge is 0.480 e. The SMILES string of the molecule is CC(CC(=O)NC1(C(=O)O)CC1)Cc1ccc(Cl)cc1. The fourth-order valence-electron chi connectivity index (χ4n) is 2.25. The van der Waals surface area contributed by atoms with E-state index in [1.807, 2.05) is 31.2 Å². The van der Waals surface area contributed by atoms with E-state index in [2.05, 4.69) is 5.32 Å². The number of amides is 1. The van der Waals surface area contributed by atoms with Crippen LogP contribution in [0, 0.1) is 5.92 Å². The van der Waals surface area contributed by atoms with Crippen molar-refractivity contribution in [1.29, 1.82) is 0 Å². The first-order valence-electron chi connectivity index (χ1n) is 6.70. The molecule has 1 amide bonds. The summed E-state index contributed by atoms with van der Waals surface area (Å²) in [6.07, 6.45) is 2.15. The van der Waals surface area contributed by atoms with Gasteiger partial charge in [-0.1, -0.05) is 30.7 Å². The zero-order valence-corrected chi connectivity index (χ0v) is 12.1. The van der Waals surface area contributed by atoms with Crippen LogP contribution in [0.4, 0.5) is 0 Å². The van der Waals surface area contributed by atoms with E-state index in [0.717, 1.165) is 12.0 Å². The summed E-state index contributed by atoms with van der Waals surface area (Å²) >= 11 is 5.82. The number of carboxylic acids is 1. The second-order valence-electron chi connectivity index (χ2n) is 5.58. The molecule has 0 heterocycles. The first kappa shape index (κ1) is 14.9. The van der Waals surface area contributed by atoms with Gasteiger partial charge in [-0.15, -0.1) is 0 Å². The van der Waals surface area contributed by atoms with Gasteiger partial charge in [-0.2, -0.15) is 0 Å². The Labute approximate surface area is 123 Å². The first-order valence-corrected chi connectivity index (χ1v) is 7.08. The van der Waals surface area contributed by atoms with Gasteiger partial charge in [0.2, 0.25) is 5.91 Å². The zero-order valence-electron chi connectivity index (χ0n) is 11.4. The summed E-state index contributed by atoms with van der Waals surface area (Å²) in [6.45, 7) is 1.98. The second kappa shape index (κ2) is 5.83. The Morgan fingerprint density at radius 1 is 1.35 bits per heavy atom. The normalized spacial score (nSPS) is 17.3. The summed E-state index contributed by atoms with van der Waals surface area (Å²) in [6, 6.07) is 7.54. The van der Waals surface area contributed by atoms with Crippen LogP contribution in [0.2, 0.25) is 5.02 Å². The number of carboxylic acid groups (broad SMARTS) is 1. The van der Waals surface area contributed by atoms with Crippen LogP contribution < -0.4 is 5.32 Å². The lowest BCUT2D eigenvalue weighted by Crippen LogP contribution is -2.43. The Morgan fingerprint density at radius 2 is 1.95 bits per heavy atom.